The lowest BCUT2D eigenvalue weighted by Crippen LogP contribution is -2.58. The fraction of sp³-hybridized carbons (Fsp3) is 0.571. The zero-order valence-electron chi connectivity index (χ0n) is 16.4. The monoisotopic (exact) mass is 371 g/mol. The van der Waals surface area contributed by atoms with Crippen molar-refractivity contribution in [3.8, 4) is 11.5 Å². The second kappa shape index (κ2) is 7.17. The van der Waals surface area contributed by atoms with E-state index in [2.05, 4.69) is 16.0 Å². The molecule has 0 spiro atoms. The maximum absolute atomic E-state index is 11.7. The molecule has 4 rings (SSSR count). The summed E-state index contributed by atoms with van der Waals surface area (Å²) in [5.74, 6) is 2.88. The summed E-state index contributed by atoms with van der Waals surface area (Å²) < 4.78 is 12.9. The van der Waals surface area contributed by atoms with Crippen molar-refractivity contribution in [3.63, 3.8) is 0 Å². The number of hydrogen-bond acceptors (Lipinski definition) is 5. The minimum absolute atomic E-state index is 0.204. The Bertz CT molecular complexity index is 790. The third-order valence-corrected chi connectivity index (χ3v) is 6.37. The number of hydrogen-bond donors (Lipinski definition) is 1. The number of nitrogens with zero attached hydrogens (tertiary/aromatic N) is 3. The molecule has 2 fully saturated rings. The molecular weight excluding hydrogens is 342 g/mol. The first-order valence-electron chi connectivity index (χ1n) is 9.69. The average molecular weight is 371 g/mol. The topological polar surface area (TPSA) is 59.8 Å². The van der Waals surface area contributed by atoms with Crippen molar-refractivity contribution in [1.29, 1.82) is 0 Å². The van der Waals surface area contributed by atoms with E-state index in [-0.39, 0.29) is 11.8 Å². The summed E-state index contributed by atoms with van der Waals surface area (Å²) in [6.45, 7) is 2.56. The van der Waals surface area contributed by atoms with Gasteiger partial charge in [0.15, 0.2) is 0 Å². The summed E-state index contributed by atoms with van der Waals surface area (Å²) in [5, 5.41) is 11.7. The van der Waals surface area contributed by atoms with E-state index in [9.17, 15) is 5.11 Å². The molecule has 146 valence electrons. The van der Waals surface area contributed by atoms with E-state index in [1.807, 2.05) is 29.9 Å². The highest BCUT2D eigenvalue weighted by molar-refractivity contribution is 5.40. The first-order chi connectivity index (χ1) is 13.1. The van der Waals surface area contributed by atoms with Crippen LogP contribution in [0, 0.1) is 11.8 Å². The van der Waals surface area contributed by atoms with Crippen molar-refractivity contribution >= 4 is 0 Å². The van der Waals surface area contributed by atoms with Gasteiger partial charge >= 0.3 is 0 Å². The molecule has 2 atom stereocenters. The average Bonchev–Trinajstić information content (AvgIpc) is 3.09. The highest BCUT2D eigenvalue weighted by Crippen LogP contribution is 2.48. The van der Waals surface area contributed by atoms with E-state index in [4.69, 9.17) is 9.47 Å². The van der Waals surface area contributed by atoms with Gasteiger partial charge in [0.05, 0.1) is 14.2 Å². The van der Waals surface area contributed by atoms with Crippen LogP contribution in [0.4, 0.5) is 0 Å². The van der Waals surface area contributed by atoms with E-state index >= 15 is 0 Å². The fourth-order valence-corrected chi connectivity index (χ4v) is 5.01. The molecule has 1 aromatic carbocycles. The van der Waals surface area contributed by atoms with E-state index in [1.54, 1.807) is 20.4 Å². The van der Waals surface area contributed by atoms with Gasteiger partial charge in [-0.3, -0.25) is 4.90 Å². The van der Waals surface area contributed by atoms with Gasteiger partial charge < -0.3 is 19.1 Å². The maximum atomic E-state index is 11.7. The van der Waals surface area contributed by atoms with Gasteiger partial charge in [0.2, 0.25) is 0 Å². The van der Waals surface area contributed by atoms with Crippen LogP contribution >= 0.6 is 0 Å². The molecule has 0 unspecified atom stereocenters. The van der Waals surface area contributed by atoms with Crippen LogP contribution in [-0.4, -0.2) is 46.9 Å². The van der Waals surface area contributed by atoms with Crippen molar-refractivity contribution in [2.75, 3.05) is 27.3 Å². The SMILES string of the molecule is COc1ccc(CN2C[C@H]3CCC[C@H](C2)C3(O)c2nccn2C)c(OC)c1. The van der Waals surface area contributed by atoms with Crippen LogP contribution in [-0.2, 0) is 19.2 Å². The number of ether oxygens (including phenoxy) is 2. The second-order valence-electron chi connectivity index (χ2n) is 7.88. The number of benzene rings is 1. The lowest BCUT2D eigenvalue weighted by molar-refractivity contribution is -0.155. The standard InChI is InChI=1S/C21H29N3O3/c1-23-10-9-22-20(23)21(25)16-5-4-6-17(21)14-24(13-16)12-15-7-8-18(26-2)11-19(15)27-3/h7-11,16-17,25H,4-6,12-14H2,1-3H3/t16-,17-/m1/s1. The molecule has 1 saturated heterocycles. The lowest BCUT2D eigenvalue weighted by Gasteiger charge is -2.52. The Balaban J connectivity index is 1.57. The van der Waals surface area contributed by atoms with E-state index in [0.29, 0.717) is 0 Å². The van der Waals surface area contributed by atoms with Crippen molar-refractivity contribution in [1.82, 2.24) is 14.5 Å². The molecular formula is C21H29N3O3. The highest BCUT2D eigenvalue weighted by Gasteiger charge is 2.53. The van der Waals surface area contributed by atoms with Gasteiger partial charge in [-0.2, -0.15) is 0 Å². The van der Waals surface area contributed by atoms with Crippen LogP contribution in [0.5, 0.6) is 11.5 Å². The Morgan fingerprint density at radius 1 is 1.19 bits per heavy atom. The van der Waals surface area contributed by atoms with Gasteiger partial charge in [-0.1, -0.05) is 12.5 Å². The molecule has 2 aromatic rings. The number of piperidine rings is 1. The smallest absolute Gasteiger partial charge is 0.141 e. The highest BCUT2D eigenvalue weighted by atomic mass is 16.5. The zero-order valence-corrected chi connectivity index (χ0v) is 16.4. The number of imidazole rings is 1. The van der Waals surface area contributed by atoms with E-state index < -0.39 is 5.60 Å². The summed E-state index contributed by atoms with van der Waals surface area (Å²) in [5.41, 5.74) is 0.329. The lowest BCUT2D eigenvalue weighted by atomic mass is 9.65. The predicted octanol–water partition coefficient (Wildman–Crippen LogP) is 2.56. The number of rotatable bonds is 5. The Kier molecular flexibility index (Phi) is 4.86. The van der Waals surface area contributed by atoms with Gasteiger partial charge in [0, 0.05) is 62.5 Å². The van der Waals surface area contributed by atoms with Crippen molar-refractivity contribution in [3.05, 3.63) is 42.0 Å². The number of methoxy groups -OCH3 is 2. The summed E-state index contributed by atoms with van der Waals surface area (Å²) in [6.07, 6.45) is 6.98. The number of fused-ring (bicyclic) bond motifs is 2. The fourth-order valence-electron chi connectivity index (χ4n) is 5.01. The Hall–Kier alpha value is -2.05. The quantitative estimate of drug-likeness (QED) is 0.875. The summed E-state index contributed by atoms with van der Waals surface area (Å²) in [4.78, 5) is 6.96. The summed E-state index contributed by atoms with van der Waals surface area (Å²) in [6, 6.07) is 5.99. The molecule has 27 heavy (non-hydrogen) atoms. The summed E-state index contributed by atoms with van der Waals surface area (Å²) in [7, 11) is 5.34. The molecule has 6 nitrogen and oxygen atoms in total. The Labute approximate surface area is 160 Å². The first-order valence-corrected chi connectivity index (χ1v) is 9.69. The molecule has 2 heterocycles. The molecule has 6 heteroatoms. The maximum Gasteiger partial charge on any atom is 0.141 e. The third-order valence-electron chi connectivity index (χ3n) is 6.37. The largest absolute Gasteiger partial charge is 0.497 e. The molecule has 2 bridgehead atoms. The van der Waals surface area contributed by atoms with Gasteiger partial charge in [0.1, 0.15) is 22.9 Å². The molecule has 1 aromatic heterocycles. The number of aromatic nitrogens is 2. The van der Waals surface area contributed by atoms with E-state index in [1.165, 1.54) is 6.42 Å². The van der Waals surface area contributed by atoms with Crippen LogP contribution in [0.1, 0.15) is 30.7 Å². The molecule has 1 aliphatic heterocycles. The van der Waals surface area contributed by atoms with Crippen LogP contribution in [0.15, 0.2) is 30.6 Å². The predicted molar refractivity (Wildman–Crippen MR) is 103 cm³/mol. The van der Waals surface area contributed by atoms with Crippen LogP contribution in [0.2, 0.25) is 0 Å². The molecule has 1 N–H and O–H groups in total. The van der Waals surface area contributed by atoms with Crippen LogP contribution in [0.25, 0.3) is 0 Å². The van der Waals surface area contributed by atoms with Crippen LogP contribution < -0.4 is 9.47 Å². The number of aryl methyl sites for hydroxylation is 1. The van der Waals surface area contributed by atoms with Crippen molar-refractivity contribution < 1.29 is 14.6 Å². The number of aliphatic hydroxyl groups is 1. The molecule has 2 aliphatic rings. The van der Waals surface area contributed by atoms with Gasteiger partial charge in [-0.05, 0) is 18.9 Å². The van der Waals surface area contributed by atoms with E-state index in [0.717, 1.165) is 55.4 Å². The normalized spacial score (nSPS) is 28.1. The Morgan fingerprint density at radius 3 is 2.52 bits per heavy atom. The molecule has 1 aliphatic carbocycles. The first kappa shape index (κ1) is 18.3. The second-order valence-corrected chi connectivity index (χ2v) is 7.88. The minimum atomic E-state index is -0.822. The van der Waals surface area contributed by atoms with Crippen LogP contribution in [0.3, 0.4) is 0 Å². The third kappa shape index (κ3) is 3.11. The molecule has 0 radical (unpaired) electrons. The molecule has 1 saturated carbocycles. The summed E-state index contributed by atoms with van der Waals surface area (Å²) >= 11 is 0. The van der Waals surface area contributed by atoms with Gasteiger partial charge in [0.25, 0.3) is 0 Å². The van der Waals surface area contributed by atoms with Gasteiger partial charge in [-0.15, -0.1) is 0 Å². The van der Waals surface area contributed by atoms with Crippen molar-refractivity contribution in [2.45, 2.75) is 31.4 Å². The molecule has 0 amide bonds. The number of likely N-dealkylation sites (tertiary alicyclic amines) is 1. The minimum Gasteiger partial charge on any atom is -0.497 e. The van der Waals surface area contributed by atoms with Gasteiger partial charge in [-0.25, -0.2) is 4.98 Å². The van der Waals surface area contributed by atoms with Crippen molar-refractivity contribution in [2.24, 2.45) is 18.9 Å². The zero-order chi connectivity index (χ0) is 19.0. The Morgan fingerprint density at radius 2 is 1.93 bits per heavy atom.